The van der Waals surface area contributed by atoms with E-state index in [1.165, 1.54) is 12.1 Å². The normalized spacial score (nSPS) is 17.1. The van der Waals surface area contributed by atoms with Crippen LogP contribution < -0.4 is 5.73 Å². The van der Waals surface area contributed by atoms with Gasteiger partial charge in [0.2, 0.25) is 0 Å². The van der Waals surface area contributed by atoms with Gasteiger partial charge < -0.3 is 5.73 Å². The van der Waals surface area contributed by atoms with Crippen LogP contribution in [-0.2, 0) is 0 Å². The summed E-state index contributed by atoms with van der Waals surface area (Å²) in [6, 6.07) is 10.0. The van der Waals surface area contributed by atoms with Gasteiger partial charge in [0, 0.05) is 5.02 Å². The van der Waals surface area contributed by atoms with Crippen LogP contribution in [-0.4, -0.2) is 0 Å². The summed E-state index contributed by atoms with van der Waals surface area (Å²) in [7, 11) is 0. The Morgan fingerprint density at radius 3 is 2.38 bits per heavy atom. The van der Waals surface area contributed by atoms with Crippen molar-refractivity contribution >= 4 is 11.6 Å². The predicted octanol–water partition coefficient (Wildman–Crippen LogP) is 3.51. The SMILES string of the molecule is NC1c2cc(F)ccc2-c2ccc(Cl)cc21. The van der Waals surface area contributed by atoms with E-state index in [0.29, 0.717) is 5.02 Å². The minimum absolute atomic E-state index is 0.256. The van der Waals surface area contributed by atoms with E-state index >= 15 is 0 Å². The zero-order valence-electron chi connectivity index (χ0n) is 8.37. The summed E-state index contributed by atoms with van der Waals surface area (Å²) in [5.41, 5.74) is 9.92. The Morgan fingerprint density at radius 1 is 1.00 bits per heavy atom. The molecule has 2 N–H and O–H groups in total. The standard InChI is InChI=1S/C13H9ClFN/c14-7-1-3-9-10-4-2-8(15)6-12(10)13(16)11(9)5-7/h1-6,13H,16H2. The highest BCUT2D eigenvalue weighted by Crippen LogP contribution is 2.43. The monoisotopic (exact) mass is 233 g/mol. The molecule has 0 saturated heterocycles. The lowest BCUT2D eigenvalue weighted by molar-refractivity contribution is 0.624. The van der Waals surface area contributed by atoms with Crippen LogP contribution in [0.1, 0.15) is 17.2 Å². The van der Waals surface area contributed by atoms with Crippen molar-refractivity contribution in [2.45, 2.75) is 6.04 Å². The number of hydrogen-bond acceptors (Lipinski definition) is 1. The summed E-state index contributed by atoms with van der Waals surface area (Å²) in [4.78, 5) is 0. The molecule has 0 radical (unpaired) electrons. The van der Waals surface area contributed by atoms with Crippen molar-refractivity contribution in [3.63, 3.8) is 0 Å². The average molecular weight is 234 g/mol. The van der Waals surface area contributed by atoms with Crippen LogP contribution in [0.15, 0.2) is 36.4 Å². The lowest BCUT2D eigenvalue weighted by Gasteiger charge is -2.06. The molecule has 0 aliphatic heterocycles. The van der Waals surface area contributed by atoms with Crippen molar-refractivity contribution in [3.05, 3.63) is 58.4 Å². The van der Waals surface area contributed by atoms with Crippen molar-refractivity contribution in [3.8, 4) is 11.1 Å². The third-order valence-corrected chi connectivity index (χ3v) is 3.22. The molecule has 0 amide bonds. The molecular formula is C13H9ClFN. The van der Waals surface area contributed by atoms with Gasteiger partial charge >= 0.3 is 0 Å². The first kappa shape index (κ1) is 9.82. The predicted molar refractivity (Wildman–Crippen MR) is 62.9 cm³/mol. The van der Waals surface area contributed by atoms with E-state index in [1.807, 2.05) is 18.2 Å². The molecule has 0 bridgehead atoms. The minimum Gasteiger partial charge on any atom is -0.320 e. The maximum Gasteiger partial charge on any atom is 0.123 e. The van der Waals surface area contributed by atoms with Crippen molar-refractivity contribution in [1.29, 1.82) is 0 Å². The number of fused-ring (bicyclic) bond motifs is 3. The van der Waals surface area contributed by atoms with Crippen LogP contribution in [0.2, 0.25) is 5.02 Å². The van der Waals surface area contributed by atoms with Gasteiger partial charge in [-0.2, -0.15) is 0 Å². The highest BCUT2D eigenvalue weighted by Gasteiger charge is 2.26. The fourth-order valence-corrected chi connectivity index (χ4v) is 2.42. The maximum atomic E-state index is 13.2. The Bertz CT molecular complexity index is 529. The van der Waals surface area contributed by atoms with E-state index in [1.54, 1.807) is 6.07 Å². The summed E-state index contributed by atoms with van der Waals surface area (Å²) in [6.45, 7) is 0. The smallest absolute Gasteiger partial charge is 0.123 e. The topological polar surface area (TPSA) is 26.0 Å². The van der Waals surface area contributed by atoms with Crippen molar-refractivity contribution < 1.29 is 4.39 Å². The molecule has 0 spiro atoms. The Hall–Kier alpha value is -1.38. The molecule has 1 aliphatic carbocycles. The zero-order chi connectivity index (χ0) is 11.3. The van der Waals surface area contributed by atoms with Gasteiger partial charge in [-0.1, -0.05) is 23.7 Å². The maximum absolute atomic E-state index is 13.2. The Balaban J connectivity index is 2.30. The van der Waals surface area contributed by atoms with Crippen LogP contribution in [0.25, 0.3) is 11.1 Å². The molecule has 0 aromatic heterocycles. The Morgan fingerprint density at radius 2 is 1.62 bits per heavy atom. The molecule has 1 nitrogen and oxygen atoms in total. The molecule has 3 rings (SSSR count). The van der Waals surface area contributed by atoms with Crippen LogP contribution in [0.5, 0.6) is 0 Å². The van der Waals surface area contributed by atoms with E-state index in [9.17, 15) is 4.39 Å². The average Bonchev–Trinajstić information content (AvgIpc) is 2.53. The number of rotatable bonds is 0. The van der Waals surface area contributed by atoms with E-state index in [0.717, 1.165) is 22.3 Å². The molecular weight excluding hydrogens is 225 g/mol. The van der Waals surface area contributed by atoms with Gasteiger partial charge in [0.15, 0.2) is 0 Å². The molecule has 80 valence electrons. The van der Waals surface area contributed by atoms with Gasteiger partial charge in [-0.15, -0.1) is 0 Å². The fourth-order valence-electron chi connectivity index (χ4n) is 2.24. The Labute approximate surface area is 97.7 Å². The number of halogens is 2. The first-order valence-electron chi connectivity index (χ1n) is 5.01. The molecule has 1 atom stereocenters. The highest BCUT2D eigenvalue weighted by molar-refractivity contribution is 6.30. The molecule has 0 fully saturated rings. The van der Waals surface area contributed by atoms with Gasteiger partial charge in [-0.25, -0.2) is 4.39 Å². The van der Waals surface area contributed by atoms with E-state index in [4.69, 9.17) is 17.3 Å². The van der Waals surface area contributed by atoms with Crippen molar-refractivity contribution in [2.24, 2.45) is 5.73 Å². The second kappa shape index (κ2) is 3.30. The largest absolute Gasteiger partial charge is 0.320 e. The van der Waals surface area contributed by atoms with E-state index < -0.39 is 0 Å². The summed E-state index contributed by atoms with van der Waals surface area (Å²) < 4.78 is 13.2. The molecule has 0 saturated carbocycles. The number of hydrogen-bond donors (Lipinski definition) is 1. The second-order valence-corrected chi connectivity index (χ2v) is 4.38. The van der Waals surface area contributed by atoms with Crippen LogP contribution >= 0.6 is 11.6 Å². The molecule has 16 heavy (non-hydrogen) atoms. The van der Waals surface area contributed by atoms with Crippen LogP contribution in [0.4, 0.5) is 4.39 Å². The van der Waals surface area contributed by atoms with Crippen molar-refractivity contribution in [1.82, 2.24) is 0 Å². The summed E-state index contributed by atoms with van der Waals surface area (Å²) in [5.74, 6) is -0.256. The summed E-state index contributed by atoms with van der Waals surface area (Å²) in [6.07, 6.45) is 0. The van der Waals surface area contributed by atoms with Gasteiger partial charge in [-0.3, -0.25) is 0 Å². The number of benzene rings is 2. The van der Waals surface area contributed by atoms with Gasteiger partial charge in [0.1, 0.15) is 5.82 Å². The van der Waals surface area contributed by atoms with Crippen LogP contribution in [0, 0.1) is 5.82 Å². The summed E-state index contributed by atoms with van der Waals surface area (Å²) >= 11 is 5.93. The lowest BCUT2D eigenvalue weighted by atomic mass is 10.1. The third kappa shape index (κ3) is 1.27. The highest BCUT2D eigenvalue weighted by atomic mass is 35.5. The summed E-state index contributed by atoms with van der Waals surface area (Å²) in [5, 5.41) is 0.655. The van der Waals surface area contributed by atoms with Gasteiger partial charge in [0.05, 0.1) is 6.04 Å². The molecule has 1 aliphatic rings. The molecule has 1 unspecified atom stereocenters. The minimum atomic E-state index is -0.278. The van der Waals surface area contributed by atoms with Gasteiger partial charge in [0.25, 0.3) is 0 Å². The fraction of sp³-hybridized carbons (Fsp3) is 0.0769. The van der Waals surface area contributed by atoms with Gasteiger partial charge in [-0.05, 0) is 46.5 Å². The zero-order valence-corrected chi connectivity index (χ0v) is 9.13. The van der Waals surface area contributed by atoms with E-state index in [2.05, 4.69) is 0 Å². The van der Waals surface area contributed by atoms with Crippen LogP contribution in [0.3, 0.4) is 0 Å². The first-order chi connectivity index (χ1) is 7.66. The van der Waals surface area contributed by atoms with E-state index in [-0.39, 0.29) is 11.9 Å². The lowest BCUT2D eigenvalue weighted by Crippen LogP contribution is -2.08. The first-order valence-corrected chi connectivity index (χ1v) is 5.39. The Kier molecular flexibility index (Phi) is 2.03. The molecule has 2 aromatic carbocycles. The molecule has 2 aromatic rings. The second-order valence-electron chi connectivity index (χ2n) is 3.94. The quantitative estimate of drug-likeness (QED) is 0.741. The third-order valence-electron chi connectivity index (χ3n) is 2.99. The molecule has 0 heterocycles. The molecule has 3 heteroatoms. The number of nitrogens with two attached hydrogens (primary N) is 1. The van der Waals surface area contributed by atoms with Crippen molar-refractivity contribution in [2.75, 3.05) is 0 Å².